The van der Waals surface area contributed by atoms with Crippen LogP contribution in [0.4, 0.5) is 0 Å². The molecular formula is C46H83O9P. The highest BCUT2D eigenvalue weighted by Crippen LogP contribution is 2.43. The molecule has 0 aliphatic rings. The Morgan fingerprint density at radius 3 is 1.55 bits per heavy atom. The zero-order valence-corrected chi connectivity index (χ0v) is 36.5. The Morgan fingerprint density at radius 2 is 1.02 bits per heavy atom. The average molecular weight is 811 g/mol. The van der Waals surface area contributed by atoms with Gasteiger partial charge in [0.1, 0.15) is 12.2 Å². The molecule has 0 amide bonds. The molecule has 0 aromatic carbocycles. The normalized spacial score (nSPS) is 14.6. The first-order valence-electron chi connectivity index (χ1n) is 22.3. The predicted octanol–water partition coefficient (Wildman–Crippen LogP) is 12.4. The Hall–Kier alpha value is -1.84. The van der Waals surface area contributed by atoms with Gasteiger partial charge in [-0.05, 0) is 77.0 Å². The molecule has 3 unspecified atom stereocenters. The fourth-order valence-electron chi connectivity index (χ4n) is 5.81. The molecule has 0 saturated heterocycles. The largest absolute Gasteiger partial charge is 0.472 e. The summed E-state index contributed by atoms with van der Waals surface area (Å²) in [4.78, 5) is 22.6. The van der Waals surface area contributed by atoms with Gasteiger partial charge < -0.3 is 24.6 Å². The van der Waals surface area contributed by atoms with Crippen LogP contribution in [0.5, 0.6) is 0 Å². The minimum atomic E-state index is -4.53. The fourth-order valence-corrected chi connectivity index (χ4v) is 6.60. The number of ether oxygens (including phenoxy) is 2. The molecule has 0 fully saturated rings. The number of aliphatic hydroxyl groups is 2. The summed E-state index contributed by atoms with van der Waals surface area (Å²) in [7, 11) is -4.53. The van der Waals surface area contributed by atoms with Gasteiger partial charge in [-0.1, -0.05) is 158 Å². The maximum Gasteiger partial charge on any atom is 0.472 e. The lowest BCUT2D eigenvalue weighted by molar-refractivity contribution is -0.154. The highest BCUT2D eigenvalue weighted by atomic mass is 31.2. The lowest BCUT2D eigenvalue weighted by atomic mass is 10.1. The van der Waals surface area contributed by atoms with E-state index in [0.717, 1.165) is 77.0 Å². The Labute approximate surface area is 342 Å². The number of aliphatic hydroxyl groups excluding tert-OH is 2. The van der Waals surface area contributed by atoms with Gasteiger partial charge in [-0.2, -0.15) is 0 Å². The van der Waals surface area contributed by atoms with Crippen molar-refractivity contribution in [2.45, 2.75) is 193 Å². The van der Waals surface area contributed by atoms with Gasteiger partial charge in [0.25, 0.3) is 0 Å². The molecular weight excluding hydrogens is 727 g/mol. The molecule has 0 heterocycles. The zero-order valence-electron chi connectivity index (χ0n) is 35.6. The number of phosphoric acid groups is 1. The maximum absolute atomic E-state index is 12.6. The molecule has 3 atom stereocenters. The van der Waals surface area contributed by atoms with Crippen LogP contribution in [0, 0.1) is 0 Å². The van der Waals surface area contributed by atoms with E-state index in [-0.39, 0.29) is 13.0 Å². The molecule has 0 aromatic rings. The summed E-state index contributed by atoms with van der Waals surface area (Å²) < 4.78 is 33.3. The average Bonchev–Trinajstić information content (AvgIpc) is 3.19. The van der Waals surface area contributed by atoms with Crippen molar-refractivity contribution in [1.29, 1.82) is 0 Å². The number of esters is 1. The Bertz CT molecular complexity index is 1060. The first kappa shape index (κ1) is 54.2. The van der Waals surface area contributed by atoms with Crippen molar-refractivity contribution >= 4 is 13.8 Å². The minimum Gasteiger partial charge on any atom is -0.457 e. The van der Waals surface area contributed by atoms with Gasteiger partial charge >= 0.3 is 13.8 Å². The Balaban J connectivity index is 4.21. The molecule has 0 bridgehead atoms. The van der Waals surface area contributed by atoms with Crippen LogP contribution in [-0.2, 0) is 27.9 Å². The quantitative estimate of drug-likeness (QED) is 0.0239. The molecule has 0 radical (unpaired) electrons. The van der Waals surface area contributed by atoms with Crippen LogP contribution in [0.15, 0.2) is 60.8 Å². The maximum atomic E-state index is 12.6. The second kappa shape index (κ2) is 42.8. The summed E-state index contributed by atoms with van der Waals surface area (Å²) in [6.45, 7) is 3.32. The van der Waals surface area contributed by atoms with E-state index in [1.54, 1.807) is 0 Å². The van der Waals surface area contributed by atoms with Crippen molar-refractivity contribution in [1.82, 2.24) is 0 Å². The molecule has 0 saturated carbocycles. The van der Waals surface area contributed by atoms with Gasteiger partial charge in [0.05, 0.1) is 26.4 Å². The molecule has 9 nitrogen and oxygen atoms in total. The van der Waals surface area contributed by atoms with Gasteiger partial charge in [0.15, 0.2) is 0 Å². The van der Waals surface area contributed by atoms with Gasteiger partial charge in [0.2, 0.25) is 0 Å². The molecule has 0 spiro atoms. The van der Waals surface area contributed by atoms with Crippen LogP contribution in [0.25, 0.3) is 0 Å². The van der Waals surface area contributed by atoms with E-state index in [0.29, 0.717) is 6.61 Å². The van der Waals surface area contributed by atoms with Crippen molar-refractivity contribution in [2.24, 2.45) is 0 Å². The molecule has 0 rings (SSSR count). The van der Waals surface area contributed by atoms with Gasteiger partial charge in [-0.15, -0.1) is 0 Å². The smallest absolute Gasteiger partial charge is 0.457 e. The van der Waals surface area contributed by atoms with E-state index in [4.69, 9.17) is 23.6 Å². The van der Waals surface area contributed by atoms with Crippen molar-refractivity contribution in [3.63, 3.8) is 0 Å². The first-order chi connectivity index (χ1) is 27.3. The number of unbranched alkanes of at least 4 members (excludes halogenated alkanes) is 18. The number of phosphoric ester groups is 1. The predicted molar refractivity (Wildman–Crippen MR) is 233 cm³/mol. The number of hydrogen-bond donors (Lipinski definition) is 3. The van der Waals surface area contributed by atoms with Crippen molar-refractivity contribution in [2.75, 3.05) is 33.0 Å². The summed E-state index contributed by atoms with van der Waals surface area (Å²) in [5.74, 6) is -0.398. The van der Waals surface area contributed by atoms with E-state index in [2.05, 4.69) is 74.6 Å². The summed E-state index contributed by atoms with van der Waals surface area (Å²) in [5.41, 5.74) is 0. The molecule has 3 N–H and O–H groups in total. The SMILES string of the molecule is CC/C=C\C/C=C\C/C=C\C/C=C\CCCCCOCC(COP(=O)(O)OCC(O)CO)OC(=O)CCCCCCCCCCC/C=C\CCCCCCCC. The molecule has 56 heavy (non-hydrogen) atoms. The third kappa shape index (κ3) is 41.8. The van der Waals surface area contributed by atoms with E-state index in [9.17, 15) is 19.4 Å². The second-order valence-corrected chi connectivity index (χ2v) is 16.1. The third-order valence-corrected chi connectivity index (χ3v) is 10.1. The highest BCUT2D eigenvalue weighted by Gasteiger charge is 2.26. The van der Waals surface area contributed by atoms with Crippen molar-refractivity contribution in [3.05, 3.63) is 60.8 Å². The molecule has 326 valence electrons. The van der Waals surface area contributed by atoms with E-state index in [1.165, 1.54) is 83.5 Å². The number of carbonyl (C=O) groups excluding carboxylic acids is 1. The lowest BCUT2D eigenvalue weighted by Crippen LogP contribution is -2.29. The minimum absolute atomic E-state index is 0.0252. The van der Waals surface area contributed by atoms with E-state index < -0.39 is 45.8 Å². The summed E-state index contributed by atoms with van der Waals surface area (Å²) in [6.07, 6.45) is 49.0. The third-order valence-electron chi connectivity index (χ3n) is 9.19. The van der Waals surface area contributed by atoms with Gasteiger partial charge in [0, 0.05) is 13.0 Å². The second-order valence-electron chi connectivity index (χ2n) is 14.7. The molecule has 0 aliphatic carbocycles. The Kier molecular flexibility index (Phi) is 41.4. The number of hydrogen-bond acceptors (Lipinski definition) is 8. The van der Waals surface area contributed by atoms with Crippen LogP contribution >= 0.6 is 7.82 Å². The number of rotatable bonds is 42. The van der Waals surface area contributed by atoms with E-state index >= 15 is 0 Å². The number of carbonyl (C=O) groups is 1. The molecule has 0 aromatic heterocycles. The van der Waals surface area contributed by atoms with Crippen molar-refractivity contribution in [3.8, 4) is 0 Å². The first-order valence-corrected chi connectivity index (χ1v) is 23.8. The highest BCUT2D eigenvalue weighted by molar-refractivity contribution is 7.47. The lowest BCUT2D eigenvalue weighted by Gasteiger charge is -2.20. The van der Waals surface area contributed by atoms with Crippen LogP contribution in [0.1, 0.15) is 181 Å². The van der Waals surface area contributed by atoms with Crippen LogP contribution in [0.2, 0.25) is 0 Å². The van der Waals surface area contributed by atoms with Crippen LogP contribution < -0.4 is 0 Å². The Morgan fingerprint density at radius 1 is 0.571 bits per heavy atom. The van der Waals surface area contributed by atoms with Gasteiger partial charge in [-0.25, -0.2) is 4.57 Å². The summed E-state index contributed by atoms with van der Waals surface area (Å²) >= 11 is 0. The van der Waals surface area contributed by atoms with Crippen molar-refractivity contribution < 1.29 is 43.0 Å². The number of allylic oxidation sites excluding steroid dienone is 10. The summed E-state index contributed by atoms with van der Waals surface area (Å²) in [6, 6.07) is 0. The molecule has 0 aliphatic heterocycles. The van der Waals surface area contributed by atoms with Gasteiger partial charge in [-0.3, -0.25) is 13.8 Å². The zero-order chi connectivity index (χ0) is 41.1. The van der Waals surface area contributed by atoms with Crippen LogP contribution in [0.3, 0.4) is 0 Å². The fraction of sp³-hybridized carbons (Fsp3) is 0.761. The van der Waals surface area contributed by atoms with E-state index in [1.807, 2.05) is 0 Å². The summed E-state index contributed by atoms with van der Waals surface area (Å²) in [5, 5.41) is 18.4. The van der Waals surface area contributed by atoms with Crippen LogP contribution in [-0.4, -0.2) is 66.3 Å². The topological polar surface area (TPSA) is 132 Å². The molecule has 10 heteroatoms. The standard InChI is InChI=1S/C46H83O9P/c1-3-5-7-9-11-13-15-17-19-21-22-23-24-26-28-30-32-34-36-38-46(49)55-45(43-54-56(50,51)53-41-44(48)40-47)42-52-39-37-35-33-31-29-27-25-20-18-16-14-12-10-8-6-4-2/h6,8,12,14,17-20,27,29,44-45,47-48H,3-5,7,9-11,13,15-16,21-26,28,30-43H2,1-2H3,(H,50,51)/b8-6-,14-12-,19-17-,20-18-,29-27-. The monoisotopic (exact) mass is 811 g/mol.